The number of carbonyl (C=O) groups is 1. The first-order chi connectivity index (χ1) is 14.9. The number of hydrogen-bond acceptors (Lipinski definition) is 8. The summed E-state index contributed by atoms with van der Waals surface area (Å²) in [6.45, 7) is 0.200. The van der Waals surface area contributed by atoms with E-state index in [2.05, 4.69) is 10.3 Å². The Bertz CT molecular complexity index is 1190. The number of ether oxygens (including phenoxy) is 3. The van der Waals surface area contributed by atoms with Gasteiger partial charge in [-0.25, -0.2) is 13.4 Å². The molecule has 1 aliphatic heterocycles. The van der Waals surface area contributed by atoms with Gasteiger partial charge in [-0.15, -0.1) is 11.3 Å². The summed E-state index contributed by atoms with van der Waals surface area (Å²) < 4.78 is 40.5. The zero-order valence-electron chi connectivity index (χ0n) is 16.7. The van der Waals surface area contributed by atoms with E-state index in [0.29, 0.717) is 28.1 Å². The van der Waals surface area contributed by atoms with E-state index in [1.807, 2.05) is 23.6 Å². The van der Waals surface area contributed by atoms with Gasteiger partial charge in [-0.3, -0.25) is 4.79 Å². The minimum absolute atomic E-state index is 0.0777. The smallest absolute Gasteiger partial charge is 0.231 e. The van der Waals surface area contributed by atoms with Crippen molar-refractivity contribution < 1.29 is 27.4 Å². The first kappa shape index (κ1) is 21.1. The second-order valence-electron chi connectivity index (χ2n) is 6.75. The van der Waals surface area contributed by atoms with Gasteiger partial charge in [0.1, 0.15) is 5.75 Å². The predicted molar refractivity (Wildman–Crippen MR) is 117 cm³/mol. The Labute approximate surface area is 183 Å². The van der Waals surface area contributed by atoms with Crippen molar-refractivity contribution in [2.45, 2.75) is 17.7 Å². The van der Waals surface area contributed by atoms with E-state index in [1.54, 1.807) is 12.1 Å². The molecule has 1 aliphatic rings. The molecule has 162 valence electrons. The molecule has 4 rings (SSSR count). The van der Waals surface area contributed by atoms with Crippen LogP contribution in [0, 0.1) is 0 Å². The molecule has 8 nitrogen and oxygen atoms in total. The average molecular weight is 461 g/mol. The fourth-order valence-corrected chi connectivity index (χ4v) is 5.07. The van der Waals surface area contributed by atoms with E-state index in [4.69, 9.17) is 14.2 Å². The molecule has 1 N–H and O–H groups in total. The quantitative estimate of drug-likeness (QED) is 0.546. The number of carbonyl (C=O) groups excluding carboxylic acids is 1. The number of amides is 1. The highest BCUT2D eigenvalue weighted by atomic mass is 32.2. The third kappa shape index (κ3) is 4.97. The summed E-state index contributed by atoms with van der Waals surface area (Å²) in [5.41, 5.74) is 1.56. The van der Waals surface area contributed by atoms with Crippen molar-refractivity contribution in [1.82, 2.24) is 4.98 Å². The highest BCUT2D eigenvalue weighted by Gasteiger charge is 2.17. The van der Waals surface area contributed by atoms with E-state index in [-0.39, 0.29) is 36.2 Å². The Morgan fingerprint density at radius 2 is 1.94 bits per heavy atom. The van der Waals surface area contributed by atoms with Gasteiger partial charge in [0, 0.05) is 17.4 Å². The first-order valence-corrected chi connectivity index (χ1v) is 12.0. The van der Waals surface area contributed by atoms with Gasteiger partial charge in [-0.2, -0.15) is 0 Å². The van der Waals surface area contributed by atoms with Crippen LogP contribution in [0.1, 0.15) is 12.8 Å². The second-order valence-corrected chi connectivity index (χ2v) is 9.72. The van der Waals surface area contributed by atoms with Crippen molar-refractivity contribution in [3.8, 4) is 28.5 Å². The number of thiazole rings is 1. The van der Waals surface area contributed by atoms with Crippen molar-refractivity contribution in [3.63, 3.8) is 0 Å². The third-order valence-electron chi connectivity index (χ3n) is 4.65. The van der Waals surface area contributed by atoms with E-state index in [9.17, 15) is 13.2 Å². The van der Waals surface area contributed by atoms with Crippen LogP contribution in [0.2, 0.25) is 0 Å². The predicted octanol–water partition coefficient (Wildman–Crippen LogP) is 3.74. The standard InChI is InChI=1S/C21H20N2O6S2/c1-27-15-5-7-16(8-6-15)31(25,26)10-2-3-20(24)23-21-22-17(12-30-21)14-4-9-18-19(11-14)29-13-28-18/h4-9,11-12H,2-3,10,13H2,1H3,(H,22,23,24). The van der Waals surface area contributed by atoms with Gasteiger partial charge in [0.2, 0.25) is 12.7 Å². The summed E-state index contributed by atoms with van der Waals surface area (Å²) in [5, 5.41) is 5.02. The van der Waals surface area contributed by atoms with Crippen LogP contribution in [0.25, 0.3) is 11.3 Å². The highest BCUT2D eigenvalue weighted by molar-refractivity contribution is 7.91. The van der Waals surface area contributed by atoms with Crippen LogP contribution in [0.3, 0.4) is 0 Å². The molecule has 0 fully saturated rings. The van der Waals surface area contributed by atoms with E-state index >= 15 is 0 Å². The van der Waals surface area contributed by atoms with Crippen molar-refractivity contribution in [3.05, 3.63) is 47.8 Å². The fourth-order valence-electron chi connectivity index (χ4n) is 3.03. The molecule has 31 heavy (non-hydrogen) atoms. The van der Waals surface area contributed by atoms with E-state index in [1.165, 1.54) is 30.6 Å². The molecule has 0 spiro atoms. The van der Waals surface area contributed by atoms with Crippen LogP contribution in [0.5, 0.6) is 17.2 Å². The molecule has 10 heteroatoms. The lowest BCUT2D eigenvalue weighted by atomic mass is 10.1. The lowest BCUT2D eigenvalue weighted by Gasteiger charge is -2.06. The molecule has 0 aliphatic carbocycles. The highest BCUT2D eigenvalue weighted by Crippen LogP contribution is 2.36. The van der Waals surface area contributed by atoms with Gasteiger partial charge in [0.25, 0.3) is 0 Å². The number of hydrogen-bond donors (Lipinski definition) is 1. The lowest BCUT2D eigenvalue weighted by Crippen LogP contribution is -2.14. The Morgan fingerprint density at radius 3 is 2.71 bits per heavy atom. The van der Waals surface area contributed by atoms with E-state index in [0.717, 1.165) is 5.56 Å². The summed E-state index contributed by atoms with van der Waals surface area (Å²) >= 11 is 1.30. The number of anilines is 1. The van der Waals surface area contributed by atoms with Crippen molar-refractivity contribution in [2.75, 3.05) is 25.0 Å². The minimum atomic E-state index is -3.46. The number of fused-ring (bicyclic) bond motifs is 1. The summed E-state index contributed by atoms with van der Waals surface area (Å²) in [6.07, 6.45) is 0.287. The molecular formula is C21H20N2O6S2. The molecule has 0 unspecified atom stereocenters. The van der Waals surface area contributed by atoms with Crippen molar-refractivity contribution in [1.29, 1.82) is 0 Å². The average Bonchev–Trinajstić information content (AvgIpc) is 3.42. The zero-order chi connectivity index (χ0) is 21.8. The Kier molecular flexibility index (Phi) is 6.10. The molecular weight excluding hydrogens is 440 g/mol. The summed E-state index contributed by atoms with van der Waals surface area (Å²) in [4.78, 5) is 16.9. The second kappa shape index (κ2) is 8.94. The number of rotatable bonds is 8. The van der Waals surface area contributed by atoms with Gasteiger partial charge < -0.3 is 19.5 Å². The Hall–Kier alpha value is -3.11. The van der Waals surface area contributed by atoms with Crippen LogP contribution in [-0.2, 0) is 14.6 Å². The maximum atomic E-state index is 12.4. The van der Waals surface area contributed by atoms with E-state index < -0.39 is 9.84 Å². The van der Waals surface area contributed by atoms with Crippen LogP contribution < -0.4 is 19.5 Å². The first-order valence-electron chi connectivity index (χ1n) is 9.47. The largest absolute Gasteiger partial charge is 0.497 e. The molecule has 3 aromatic rings. The van der Waals surface area contributed by atoms with Gasteiger partial charge in [-0.05, 0) is 48.9 Å². The zero-order valence-corrected chi connectivity index (χ0v) is 18.3. The van der Waals surface area contributed by atoms with Crippen LogP contribution in [-0.4, -0.2) is 39.0 Å². The summed E-state index contributed by atoms with van der Waals surface area (Å²) in [5.74, 6) is 1.54. The molecule has 1 amide bonds. The van der Waals surface area contributed by atoms with Crippen LogP contribution in [0.4, 0.5) is 5.13 Å². The SMILES string of the molecule is COc1ccc(S(=O)(=O)CCCC(=O)Nc2nc(-c3ccc4c(c3)OCO4)cs2)cc1. The number of sulfone groups is 1. The minimum Gasteiger partial charge on any atom is -0.497 e. The van der Waals surface area contributed by atoms with Gasteiger partial charge >= 0.3 is 0 Å². The number of nitrogens with zero attached hydrogens (tertiary/aromatic N) is 1. The molecule has 0 bridgehead atoms. The molecule has 2 aromatic carbocycles. The summed E-state index contributed by atoms with van der Waals surface area (Å²) in [6, 6.07) is 11.7. The molecule has 0 atom stereocenters. The topological polar surface area (TPSA) is 104 Å². The normalized spacial score (nSPS) is 12.5. The number of methoxy groups -OCH3 is 1. The number of nitrogens with one attached hydrogen (secondary N) is 1. The number of benzene rings is 2. The molecule has 1 aromatic heterocycles. The van der Waals surface area contributed by atoms with Gasteiger partial charge in [0.05, 0.1) is 23.5 Å². The third-order valence-corrected chi connectivity index (χ3v) is 7.23. The van der Waals surface area contributed by atoms with Gasteiger partial charge in [0.15, 0.2) is 26.5 Å². The molecule has 2 heterocycles. The van der Waals surface area contributed by atoms with Crippen molar-refractivity contribution in [2.24, 2.45) is 0 Å². The van der Waals surface area contributed by atoms with Gasteiger partial charge in [-0.1, -0.05) is 0 Å². The fraction of sp³-hybridized carbons (Fsp3) is 0.238. The lowest BCUT2D eigenvalue weighted by molar-refractivity contribution is -0.116. The molecule has 0 saturated heterocycles. The molecule has 0 saturated carbocycles. The van der Waals surface area contributed by atoms with Crippen LogP contribution >= 0.6 is 11.3 Å². The molecule has 0 radical (unpaired) electrons. The maximum absolute atomic E-state index is 12.4. The monoisotopic (exact) mass is 460 g/mol. The maximum Gasteiger partial charge on any atom is 0.231 e. The Morgan fingerprint density at radius 1 is 1.16 bits per heavy atom. The summed E-state index contributed by atoms with van der Waals surface area (Å²) in [7, 11) is -1.94. The Balaban J connectivity index is 1.30. The number of aromatic nitrogens is 1. The van der Waals surface area contributed by atoms with Crippen molar-refractivity contribution >= 4 is 32.2 Å². The van der Waals surface area contributed by atoms with Crippen LogP contribution in [0.15, 0.2) is 52.7 Å².